The van der Waals surface area contributed by atoms with Gasteiger partial charge in [-0.15, -0.1) is 0 Å². The fourth-order valence-electron chi connectivity index (χ4n) is 5.17. The summed E-state index contributed by atoms with van der Waals surface area (Å²) in [4.78, 5) is 37.6. The van der Waals surface area contributed by atoms with Crippen molar-refractivity contribution in [1.82, 2.24) is 15.0 Å². The highest BCUT2D eigenvalue weighted by Crippen LogP contribution is 2.38. The summed E-state index contributed by atoms with van der Waals surface area (Å²) in [6.07, 6.45) is 9.19. The fourth-order valence-corrected chi connectivity index (χ4v) is 5.17. The standard InChI is InChI=1S/C22H27F2N5O2.C9H10N2O/c23-22(24)10-8-17(9-11-22)31-16-6-4-15(5-7-16)27-21-19(20(25)30)26-14-18(28-21)29-12-2-1-3-13-29;10-9(12)7-3-4-8(11-5-7)6-1-2-6/h4-7,14,17H,1-3,8-13H2,(H2,25,30)(H,27,28);3-6H,1-2H2,(H2,10,12). The molecule has 3 aliphatic rings. The van der Waals surface area contributed by atoms with Gasteiger partial charge in [-0.2, -0.15) is 0 Å². The predicted octanol–water partition coefficient (Wildman–Crippen LogP) is 5.32. The molecule has 2 amide bonds. The van der Waals surface area contributed by atoms with Crippen LogP contribution in [0.15, 0.2) is 48.8 Å². The minimum absolute atomic E-state index is 0.0734. The van der Waals surface area contributed by atoms with Crippen molar-refractivity contribution in [2.24, 2.45) is 11.5 Å². The van der Waals surface area contributed by atoms with Gasteiger partial charge < -0.3 is 26.4 Å². The number of alkyl halides is 2. The van der Waals surface area contributed by atoms with Crippen molar-refractivity contribution in [2.45, 2.75) is 75.7 Å². The van der Waals surface area contributed by atoms with E-state index >= 15 is 0 Å². The number of hydrogen-bond donors (Lipinski definition) is 3. The van der Waals surface area contributed by atoms with E-state index < -0.39 is 17.7 Å². The van der Waals surface area contributed by atoms with Crippen molar-refractivity contribution < 1.29 is 23.1 Å². The number of amides is 2. The Hall–Kier alpha value is -4.35. The second kappa shape index (κ2) is 13.3. The number of rotatable bonds is 8. The van der Waals surface area contributed by atoms with Crippen molar-refractivity contribution in [1.29, 1.82) is 0 Å². The van der Waals surface area contributed by atoms with E-state index in [0.717, 1.165) is 31.6 Å². The molecular formula is C31H37F2N7O3. The van der Waals surface area contributed by atoms with Crippen LogP contribution in [0.3, 0.4) is 0 Å². The van der Waals surface area contributed by atoms with Gasteiger partial charge in [0.05, 0.1) is 17.9 Å². The number of primary amides is 2. The smallest absolute Gasteiger partial charge is 0.271 e. The minimum Gasteiger partial charge on any atom is -0.490 e. The summed E-state index contributed by atoms with van der Waals surface area (Å²) in [5.41, 5.74) is 12.9. The van der Waals surface area contributed by atoms with Crippen molar-refractivity contribution in [3.8, 4) is 5.75 Å². The molecule has 2 aromatic heterocycles. The number of anilines is 3. The Morgan fingerprint density at radius 3 is 2.16 bits per heavy atom. The molecule has 3 heterocycles. The maximum absolute atomic E-state index is 13.3. The van der Waals surface area contributed by atoms with Gasteiger partial charge in [0.25, 0.3) is 5.91 Å². The second-order valence-electron chi connectivity index (χ2n) is 11.3. The van der Waals surface area contributed by atoms with E-state index in [-0.39, 0.29) is 24.6 Å². The summed E-state index contributed by atoms with van der Waals surface area (Å²) < 4.78 is 32.4. The quantitative estimate of drug-likeness (QED) is 0.318. The zero-order valence-electron chi connectivity index (χ0n) is 24.0. The number of aromatic nitrogens is 3. The highest BCUT2D eigenvalue weighted by atomic mass is 19.3. The van der Waals surface area contributed by atoms with Gasteiger partial charge >= 0.3 is 0 Å². The number of piperidine rings is 1. The maximum Gasteiger partial charge on any atom is 0.271 e. The van der Waals surface area contributed by atoms with Gasteiger partial charge in [0.2, 0.25) is 11.8 Å². The highest BCUT2D eigenvalue weighted by Gasteiger charge is 2.35. The Kier molecular flexibility index (Phi) is 9.32. The van der Waals surface area contributed by atoms with E-state index in [1.54, 1.807) is 42.7 Å². The number of ether oxygens (including phenoxy) is 1. The van der Waals surface area contributed by atoms with Crippen LogP contribution in [0.4, 0.5) is 26.1 Å². The lowest BCUT2D eigenvalue weighted by molar-refractivity contribution is -0.0582. The van der Waals surface area contributed by atoms with E-state index in [9.17, 15) is 18.4 Å². The number of nitrogens with zero attached hydrogens (tertiary/aromatic N) is 4. The third-order valence-corrected chi connectivity index (χ3v) is 7.82. The average Bonchev–Trinajstić information content (AvgIpc) is 3.86. The number of hydrogen-bond acceptors (Lipinski definition) is 8. The van der Waals surface area contributed by atoms with E-state index in [2.05, 4.69) is 25.2 Å². The van der Waals surface area contributed by atoms with Crippen LogP contribution in [0.2, 0.25) is 0 Å². The lowest BCUT2D eigenvalue weighted by Crippen LogP contribution is -2.31. The average molecular weight is 594 g/mol. The zero-order valence-corrected chi connectivity index (χ0v) is 24.0. The number of nitrogens with two attached hydrogens (primary N) is 2. The van der Waals surface area contributed by atoms with Crippen molar-refractivity contribution >= 4 is 29.1 Å². The summed E-state index contributed by atoms with van der Waals surface area (Å²) in [5, 5.41) is 3.12. The van der Waals surface area contributed by atoms with E-state index in [1.165, 1.54) is 19.3 Å². The monoisotopic (exact) mass is 593 g/mol. The number of pyridine rings is 1. The molecule has 0 bridgehead atoms. The van der Waals surface area contributed by atoms with Crippen molar-refractivity contribution in [3.05, 3.63) is 65.7 Å². The molecule has 1 aromatic carbocycles. The van der Waals surface area contributed by atoms with Gasteiger partial charge in [-0.1, -0.05) is 0 Å². The normalized spacial score (nSPS) is 18.2. The molecule has 0 unspecified atom stereocenters. The first kappa shape index (κ1) is 30.1. The molecule has 2 saturated carbocycles. The SMILES string of the molecule is NC(=O)c1ccc(C2CC2)nc1.NC(=O)c1ncc(N2CCCCC2)nc1Nc1ccc(OC2CCC(F)(F)CC2)cc1. The number of halogens is 2. The van der Waals surface area contributed by atoms with Gasteiger partial charge in [-0.05, 0) is 81.3 Å². The van der Waals surface area contributed by atoms with Crippen LogP contribution < -0.4 is 26.4 Å². The molecular weight excluding hydrogens is 556 g/mol. The molecule has 2 aliphatic carbocycles. The van der Waals surface area contributed by atoms with Crippen LogP contribution in [0.25, 0.3) is 0 Å². The van der Waals surface area contributed by atoms with E-state index in [1.807, 2.05) is 6.07 Å². The summed E-state index contributed by atoms with van der Waals surface area (Å²) in [6.45, 7) is 1.81. The Morgan fingerprint density at radius 1 is 0.884 bits per heavy atom. The molecule has 10 nitrogen and oxygen atoms in total. The van der Waals surface area contributed by atoms with Crippen molar-refractivity contribution in [3.63, 3.8) is 0 Å². The molecule has 1 saturated heterocycles. The Bertz CT molecular complexity index is 1400. The lowest BCUT2D eigenvalue weighted by Gasteiger charge is -2.28. The summed E-state index contributed by atoms with van der Waals surface area (Å²) in [6, 6.07) is 10.7. The Balaban J connectivity index is 0.000000255. The summed E-state index contributed by atoms with van der Waals surface area (Å²) in [7, 11) is 0. The summed E-state index contributed by atoms with van der Waals surface area (Å²) >= 11 is 0. The molecule has 6 rings (SSSR count). The van der Waals surface area contributed by atoms with E-state index in [0.29, 0.717) is 47.4 Å². The summed E-state index contributed by atoms with van der Waals surface area (Å²) in [5.74, 6) is -1.38. The van der Waals surface area contributed by atoms with Gasteiger partial charge in [0, 0.05) is 49.4 Å². The first-order chi connectivity index (χ1) is 20.7. The fraction of sp³-hybridized carbons (Fsp3) is 0.452. The topological polar surface area (TPSA) is 149 Å². The second-order valence-corrected chi connectivity index (χ2v) is 11.3. The number of benzene rings is 1. The van der Waals surface area contributed by atoms with Gasteiger partial charge in [0.1, 0.15) is 11.6 Å². The maximum atomic E-state index is 13.3. The Labute approximate surface area is 249 Å². The number of nitrogens with one attached hydrogen (secondary N) is 1. The highest BCUT2D eigenvalue weighted by molar-refractivity contribution is 5.96. The van der Waals surface area contributed by atoms with Gasteiger partial charge in [-0.3, -0.25) is 14.6 Å². The molecule has 1 aliphatic heterocycles. The van der Waals surface area contributed by atoms with Crippen LogP contribution in [0.5, 0.6) is 5.75 Å². The molecule has 0 radical (unpaired) electrons. The molecule has 0 spiro atoms. The molecule has 3 fully saturated rings. The molecule has 0 atom stereocenters. The van der Waals surface area contributed by atoms with Crippen LogP contribution in [-0.4, -0.2) is 51.9 Å². The van der Waals surface area contributed by atoms with E-state index in [4.69, 9.17) is 16.2 Å². The van der Waals surface area contributed by atoms with Crippen LogP contribution in [-0.2, 0) is 0 Å². The Morgan fingerprint density at radius 2 is 1.58 bits per heavy atom. The third-order valence-electron chi connectivity index (χ3n) is 7.82. The van der Waals surface area contributed by atoms with Crippen molar-refractivity contribution in [2.75, 3.05) is 23.3 Å². The zero-order chi connectivity index (χ0) is 30.4. The number of carbonyl (C=O) groups is 2. The molecule has 5 N–H and O–H groups in total. The molecule has 43 heavy (non-hydrogen) atoms. The molecule has 228 valence electrons. The predicted molar refractivity (Wildman–Crippen MR) is 159 cm³/mol. The first-order valence-corrected chi connectivity index (χ1v) is 14.8. The first-order valence-electron chi connectivity index (χ1n) is 14.8. The largest absolute Gasteiger partial charge is 0.490 e. The minimum atomic E-state index is -2.57. The van der Waals surface area contributed by atoms with Crippen LogP contribution >= 0.6 is 0 Å². The van der Waals surface area contributed by atoms with Crippen LogP contribution in [0, 0.1) is 0 Å². The number of carbonyl (C=O) groups excluding carboxylic acids is 2. The molecule has 3 aromatic rings. The third kappa shape index (κ3) is 8.36. The molecule has 12 heteroatoms. The van der Waals surface area contributed by atoms with Gasteiger partial charge in [0.15, 0.2) is 11.5 Å². The van der Waals surface area contributed by atoms with Crippen LogP contribution in [0.1, 0.15) is 90.2 Å². The van der Waals surface area contributed by atoms with Gasteiger partial charge in [-0.25, -0.2) is 18.7 Å². The lowest BCUT2D eigenvalue weighted by atomic mass is 9.94.